The largest absolute Gasteiger partial charge is 0.484 e. The van der Waals surface area contributed by atoms with Crippen molar-refractivity contribution in [2.75, 3.05) is 0 Å². The quantitative estimate of drug-likeness (QED) is 0.345. The minimum atomic E-state index is 0.349. The van der Waals surface area contributed by atoms with E-state index in [9.17, 15) is 0 Å². The maximum absolute atomic E-state index is 6.23. The first kappa shape index (κ1) is 18.9. The number of halogens is 2. The van der Waals surface area contributed by atoms with Crippen LogP contribution in [0.1, 0.15) is 17.8 Å². The van der Waals surface area contributed by atoms with Gasteiger partial charge in [0.2, 0.25) is 0 Å². The van der Waals surface area contributed by atoms with Gasteiger partial charge in [-0.2, -0.15) is 0 Å². The van der Waals surface area contributed by atoms with E-state index in [1.165, 1.54) is 5.56 Å². The molecule has 0 aliphatic rings. The number of imidazole rings is 1. The molecule has 3 nitrogen and oxygen atoms in total. The second-order valence-electron chi connectivity index (χ2n) is 6.62. The molecular weight excluding hydrogens is 391 g/mol. The molecule has 5 heteroatoms. The molecule has 0 aliphatic carbocycles. The zero-order valence-corrected chi connectivity index (χ0v) is 16.8. The number of ether oxygens (including phenoxy) is 1. The number of hydrogen-bond donors (Lipinski definition) is 0. The number of aromatic nitrogens is 2. The van der Waals surface area contributed by atoms with E-state index in [1.807, 2.05) is 24.3 Å². The van der Waals surface area contributed by atoms with Crippen LogP contribution in [0.3, 0.4) is 0 Å². The van der Waals surface area contributed by atoms with E-state index in [4.69, 9.17) is 32.9 Å². The van der Waals surface area contributed by atoms with Crippen LogP contribution < -0.4 is 4.74 Å². The van der Waals surface area contributed by atoms with Crippen LogP contribution in [-0.4, -0.2) is 9.55 Å². The average molecular weight is 411 g/mol. The highest BCUT2D eigenvalue weighted by Gasteiger charge is 2.12. The summed E-state index contributed by atoms with van der Waals surface area (Å²) in [5.41, 5.74) is 3.44. The Bertz CT molecular complexity index is 1080. The Morgan fingerprint density at radius 2 is 1.68 bits per heavy atom. The predicted molar refractivity (Wildman–Crippen MR) is 115 cm³/mol. The van der Waals surface area contributed by atoms with Gasteiger partial charge in [0.05, 0.1) is 16.1 Å². The molecule has 142 valence electrons. The molecule has 28 heavy (non-hydrogen) atoms. The van der Waals surface area contributed by atoms with Gasteiger partial charge in [0.1, 0.15) is 18.2 Å². The van der Waals surface area contributed by atoms with E-state index >= 15 is 0 Å². The third-order valence-corrected chi connectivity index (χ3v) is 5.20. The fraction of sp³-hybridized carbons (Fsp3) is 0.174. The Morgan fingerprint density at radius 1 is 0.893 bits per heavy atom. The Morgan fingerprint density at radius 3 is 2.50 bits per heavy atom. The van der Waals surface area contributed by atoms with Crippen molar-refractivity contribution in [2.24, 2.45) is 0 Å². The molecule has 0 N–H and O–H groups in total. The van der Waals surface area contributed by atoms with E-state index in [-0.39, 0.29) is 0 Å². The van der Waals surface area contributed by atoms with E-state index in [1.54, 1.807) is 18.2 Å². The first-order valence-electron chi connectivity index (χ1n) is 9.26. The number of para-hydroxylation sites is 2. The molecule has 3 aromatic carbocycles. The summed E-state index contributed by atoms with van der Waals surface area (Å²) < 4.78 is 8.18. The van der Waals surface area contributed by atoms with Crippen LogP contribution >= 0.6 is 23.2 Å². The molecule has 0 fully saturated rings. The first-order valence-corrected chi connectivity index (χ1v) is 10.0. The van der Waals surface area contributed by atoms with Crippen molar-refractivity contribution < 1.29 is 4.74 Å². The lowest BCUT2D eigenvalue weighted by Gasteiger charge is -2.11. The molecule has 0 spiro atoms. The molecule has 0 saturated carbocycles. The van der Waals surface area contributed by atoms with Crippen molar-refractivity contribution >= 4 is 34.2 Å². The van der Waals surface area contributed by atoms with Crippen LogP contribution in [0.5, 0.6) is 5.75 Å². The number of aryl methyl sites for hydroxylation is 2. The molecule has 0 atom stereocenters. The Balaban J connectivity index is 1.52. The van der Waals surface area contributed by atoms with Gasteiger partial charge >= 0.3 is 0 Å². The molecule has 0 saturated heterocycles. The Kier molecular flexibility index (Phi) is 5.84. The van der Waals surface area contributed by atoms with Crippen LogP contribution in [0, 0.1) is 0 Å². The number of rotatable bonds is 7. The van der Waals surface area contributed by atoms with Crippen molar-refractivity contribution in [1.82, 2.24) is 9.55 Å². The second-order valence-corrected chi connectivity index (χ2v) is 7.46. The zero-order chi connectivity index (χ0) is 19.3. The number of nitrogens with zero attached hydrogens (tertiary/aromatic N) is 2. The van der Waals surface area contributed by atoms with Crippen molar-refractivity contribution in [3.8, 4) is 5.75 Å². The highest BCUT2D eigenvalue weighted by atomic mass is 35.5. The highest BCUT2D eigenvalue weighted by Crippen LogP contribution is 2.28. The van der Waals surface area contributed by atoms with Crippen molar-refractivity contribution in [1.29, 1.82) is 0 Å². The topological polar surface area (TPSA) is 27.1 Å². The van der Waals surface area contributed by atoms with Gasteiger partial charge in [-0.1, -0.05) is 65.7 Å². The maximum atomic E-state index is 6.23. The fourth-order valence-corrected chi connectivity index (χ4v) is 3.77. The number of benzene rings is 3. The molecule has 0 aliphatic heterocycles. The zero-order valence-electron chi connectivity index (χ0n) is 15.3. The molecule has 1 heterocycles. The molecule has 0 unspecified atom stereocenters. The summed E-state index contributed by atoms with van der Waals surface area (Å²) in [4.78, 5) is 4.77. The summed E-state index contributed by atoms with van der Waals surface area (Å²) in [5, 5.41) is 1.09. The van der Waals surface area contributed by atoms with Gasteiger partial charge in [-0.15, -0.1) is 0 Å². The van der Waals surface area contributed by atoms with Crippen molar-refractivity contribution in [3.05, 3.63) is 94.2 Å². The van der Waals surface area contributed by atoms with E-state index in [2.05, 4.69) is 34.9 Å². The normalized spacial score (nSPS) is 11.1. The molecule has 0 radical (unpaired) electrons. The monoisotopic (exact) mass is 410 g/mol. The maximum Gasteiger partial charge on any atom is 0.147 e. The lowest BCUT2D eigenvalue weighted by molar-refractivity contribution is 0.290. The minimum absolute atomic E-state index is 0.349. The molecule has 4 rings (SSSR count). The first-order chi connectivity index (χ1) is 13.7. The molecule has 4 aromatic rings. The summed E-state index contributed by atoms with van der Waals surface area (Å²) in [6.07, 6.45) is 2.05. The average Bonchev–Trinajstić information content (AvgIpc) is 3.06. The van der Waals surface area contributed by atoms with Crippen molar-refractivity contribution in [2.45, 2.75) is 26.0 Å². The SMILES string of the molecule is Clc1ccc(OCc2nc3ccccc3n2CCCc2ccccc2)c(Cl)c1. The summed E-state index contributed by atoms with van der Waals surface area (Å²) in [7, 11) is 0. The minimum Gasteiger partial charge on any atom is -0.484 e. The highest BCUT2D eigenvalue weighted by molar-refractivity contribution is 6.35. The van der Waals surface area contributed by atoms with E-state index in [0.29, 0.717) is 22.4 Å². The van der Waals surface area contributed by atoms with Crippen LogP contribution in [0.2, 0.25) is 10.0 Å². The summed E-state index contributed by atoms with van der Waals surface area (Å²) in [5.74, 6) is 1.49. The lowest BCUT2D eigenvalue weighted by Crippen LogP contribution is -2.08. The van der Waals surface area contributed by atoms with Crippen molar-refractivity contribution in [3.63, 3.8) is 0 Å². The molecule has 1 aromatic heterocycles. The Hall–Kier alpha value is -2.49. The molecule has 0 amide bonds. The van der Waals surface area contributed by atoms with Gasteiger partial charge in [-0.3, -0.25) is 0 Å². The van der Waals surface area contributed by atoms with Gasteiger partial charge in [0.15, 0.2) is 0 Å². The smallest absolute Gasteiger partial charge is 0.147 e. The number of hydrogen-bond acceptors (Lipinski definition) is 2. The van der Waals surface area contributed by atoms with Gasteiger partial charge in [-0.25, -0.2) is 4.98 Å². The van der Waals surface area contributed by atoms with Crippen LogP contribution in [0.25, 0.3) is 11.0 Å². The van der Waals surface area contributed by atoms with Gasteiger partial charge in [0.25, 0.3) is 0 Å². The predicted octanol–water partition coefficient (Wildman–Crippen LogP) is 6.55. The fourth-order valence-electron chi connectivity index (χ4n) is 3.31. The van der Waals surface area contributed by atoms with Crippen LogP contribution in [0.4, 0.5) is 0 Å². The molecule has 0 bridgehead atoms. The van der Waals surface area contributed by atoms with E-state index < -0.39 is 0 Å². The standard InChI is InChI=1S/C23H20Cl2N2O/c24-18-12-13-22(19(25)15-18)28-16-23-26-20-10-4-5-11-21(20)27(23)14-6-9-17-7-2-1-3-8-17/h1-5,7-8,10-13,15H,6,9,14,16H2. The summed E-state index contributed by atoms with van der Waals surface area (Å²) in [6, 6.07) is 23.9. The van der Waals surface area contributed by atoms with E-state index in [0.717, 1.165) is 36.2 Å². The van der Waals surface area contributed by atoms with Gasteiger partial charge in [0, 0.05) is 11.6 Å². The summed E-state index contributed by atoms with van der Waals surface area (Å²) in [6.45, 7) is 1.23. The number of fused-ring (bicyclic) bond motifs is 1. The summed E-state index contributed by atoms with van der Waals surface area (Å²) >= 11 is 12.2. The lowest BCUT2D eigenvalue weighted by atomic mass is 10.1. The van der Waals surface area contributed by atoms with Crippen LogP contribution in [0.15, 0.2) is 72.8 Å². The van der Waals surface area contributed by atoms with Crippen LogP contribution in [-0.2, 0) is 19.6 Å². The third-order valence-electron chi connectivity index (χ3n) is 4.67. The van der Waals surface area contributed by atoms with Gasteiger partial charge < -0.3 is 9.30 Å². The van der Waals surface area contributed by atoms with Gasteiger partial charge in [-0.05, 0) is 48.7 Å². The Labute approximate surface area is 174 Å². The second kappa shape index (κ2) is 8.68. The molecular formula is C23H20Cl2N2O. The third kappa shape index (κ3) is 4.32.